The molecule has 176 valence electrons. The number of pyridine rings is 1. The molecule has 13 nitrogen and oxygen atoms in total. The van der Waals surface area contributed by atoms with Crippen LogP contribution in [-0.4, -0.2) is 90.4 Å². The fourth-order valence-electron chi connectivity index (χ4n) is 3.45. The summed E-state index contributed by atoms with van der Waals surface area (Å²) in [7, 11) is 3.00. The smallest absolute Gasteiger partial charge is 0.255 e. The molecule has 4 heterocycles. The summed E-state index contributed by atoms with van der Waals surface area (Å²) in [5.74, 6) is 4.86. The molecule has 1 fully saturated rings. The summed E-state index contributed by atoms with van der Waals surface area (Å²) in [5, 5.41) is 23.0. The molecule has 1 aliphatic heterocycles. The van der Waals surface area contributed by atoms with E-state index in [2.05, 4.69) is 37.1 Å². The number of hydrogen-bond acceptors (Lipinski definition) is 10. The number of likely N-dealkylation sites (N-methyl/N-ethyl adjacent to an activating group) is 1. The van der Waals surface area contributed by atoms with Crippen molar-refractivity contribution >= 4 is 28.8 Å². The molecule has 0 bridgehead atoms. The van der Waals surface area contributed by atoms with E-state index in [0.717, 1.165) is 0 Å². The average Bonchev–Trinajstić information content (AvgIpc) is 3.39. The number of hydrogen-bond donors (Lipinski definition) is 4. The maximum atomic E-state index is 12.4. The fraction of sp³-hybridized carbons (Fsp3) is 0.333. The van der Waals surface area contributed by atoms with Gasteiger partial charge in [-0.1, -0.05) is 5.92 Å². The number of imidazole rings is 1. The summed E-state index contributed by atoms with van der Waals surface area (Å²) in [6.45, 7) is 0.0960. The Morgan fingerprint density at radius 3 is 2.82 bits per heavy atom. The number of aliphatic hydroxyl groups is 2. The van der Waals surface area contributed by atoms with Gasteiger partial charge in [-0.25, -0.2) is 15.0 Å². The molecule has 0 radical (unpaired) electrons. The highest BCUT2D eigenvalue weighted by Gasteiger charge is 2.47. The van der Waals surface area contributed by atoms with E-state index in [1.165, 1.54) is 29.0 Å². The van der Waals surface area contributed by atoms with E-state index in [-0.39, 0.29) is 35.3 Å². The predicted molar refractivity (Wildman–Crippen MR) is 118 cm³/mol. The van der Waals surface area contributed by atoms with Gasteiger partial charge in [0.25, 0.3) is 11.8 Å². The lowest BCUT2D eigenvalue weighted by Gasteiger charge is -2.16. The Morgan fingerprint density at radius 2 is 2.12 bits per heavy atom. The van der Waals surface area contributed by atoms with Crippen LogP contribution in [0.1, 0.15) is 22.4 Å². The molecule has 0 aromatic carbocycles. The number of fused-ring (bicyclic) bond motifs is 1. The van der Waals surface area contributed by atoms with Gasteiger partial charge < -0.3 is 30.9 Å². The minimum atomic E-state index is -1.45. The van der Waals surface area contributed by atoms with Gasteiger partial charge in [-0.15, -0.1) is 0 Å². The van der Waals surface area contributed by atoms with Crippen molar-refractivity contribution in [1.82, 2.24) is 34.7 Å². The van der Waals surface area contributed by atoms with Crippen LogP contribution in [0.25, 0.3) is 11.2 Å². The first kappa shape index (κ1) is 23.1. The molecule has 0 saturated carbocycles. The highest BCUT2D eigenvalue weighted by molar-refractivity contribution is 5.93. The first-order valence-electron chi connectivity index (χ1n) is 10.2. The minimum absolute atomic E-state index is 0.0451. The lowest BCUT2D eigenvalue weighted by Crippen LogP contribution is -2.41. The van der Waals surface area contributed by atoms with Crippen molar-refractivity contribution in [2.24, 2.45) is 0 Å². The van der Waals surface area contributed by atoms with Crippen molar-refractivity contribution in [3.05, 3.63) is 42.2 Å². The van der Waals surface area contributed by atoms with Gasteiger partial charge in [0, 0.05) is 26.5 Å². The Labute approximate surface area is 193 Å². The third-order valence-electron chi connectivity index (χ3n) is 5.24. The Hall–Kier alpha value is -4.12. The van der Waals surface area contributed by atoms with Crippen LogP contribution in [0.5, 0.6) is 0 Å². The normalized spacial score (nSPS) is 21.6. The molecular weight excluding hydrogens is 444 g/mol. The lowest BCUT2D eigenvalue weighted by molar-refractivity contribution is -0.137. The van der Waals surface area contributed by atoms with Crippen LogP contribution in [0.4, 0.5) is 5.82 Å². The van der Waals surface area contributed by atoms with Crippen LogP contribution < -0.4 is 11.1 Å². The van der Waals surface area contributed by atoms with E-state index in [1.807, 2.05) is 0 Å². The maximum Gasteiger partial charge on any atom is 0.255 e. The fourth-order valence-corrected chi connectivity index (χ4v) is 3.45. The van der Waals surface area contributed by atoms with Gasteiger partial charge in [0.05, 0.1) is 18.4 Å². The zero-order chi connectivity index (χ0) is 24.4. The molecule has 34 heavy (non-hydrogen) atoms. The Balaban J connectivity index is 1.57. The number of nitrogen functional groups attached to an aromatic ring is 1. The standard InChI is InChI=1S/C21H22N8O5/c1-23-19(32)16-14(30)15(31)21(34-16)29-10-25-13-17(22)26-12(27-18(13)29)6-4-8-28(2)20(33)11-5-3-7-24-9-11/h3,5,7,9-10,14-16,21,30-31H,8H2,1-2H3,(H,23,32)(H2,22,26,27)/t14-,15+,16?,21?/m0/s1. The third-order valence-corrected chi connectivity index (χ3v) is 5.24. The molecule has 3 aromatic heterocycles. The van der Waals surface area contributed by atoms with Gasteiger partial charge in [-0.3, -0.25) is 19.1 Å². The largest absolute Gasteiger partial charge is 0.387 e. The van der Waals surface area contributed by atoms with Crippen molar-refractivity contribution in [1.29, 1.82) is 0 Å². The van der Waals surface area contributed by atoms with Crippen LogP contribution in [0, 0.1) is 11.8 Å². The summed E-state index contributed by atoms with van der Waals surface area (Å²) in [4.78, 5) is 42.3. The van der Waals surface area contributed by atoms with Crippen molar-refractivity contribution in [3.63, 3.8) is 0 Å². The molecule has 13 heteroatoms. The number of carbonyl (C=O) groups is 2. The number of anilines is 1. The summed E-state index contributed by atoms with van der Waals surface area (Å²) in [5.41, 5.74) is 6.87. The van der Waals surface area contributed by atoms with Crippen molar-refractivity contribution < 1.29 is 24.5 Å². The second kappa shape index (κ2) is 9.40. The van der Waals surface area contributed by atoms with Gasteiger partial charge in [0.15, 0.2) is 23.8 Å². The third kappa shape index (κ3) is 4.25. The van der Waals surface area contributed by atoms with Gasteiger partial charge in [0.1, 0.15) is 17.7 Å². The van der Waals surface area contributed by atoms with Gasteiger partial charge in [-0.05, 0) is 18.1 Å². The zero-order valence-corrected chi connectivity index (χ0v) is 18.3. The summed E-state index contributed by atoms with van der Waals surface area (Å²) < 4.78 is 6.93. The van der Waals surface area contributed by atoms with Crippen LogP contribution >= 0.6 is 0 Å². The van der Waals surface area contributed by atoms with E-state index in [1.54, 1.807) is 25.4 Å². The molecule has 3 aromatic rings. The Bertz CT molecular complexity index is 1280. The topological polar surface area (TPSA) is 182 Å². The molecule has 5 N–H and O–H groups in total. The molecule has 2 unspecified atom stereocenters. The van der Waals surface area contributed by atoms with Crippen LogP contribution in [0.3, 0.4) is 0 Å². The van der Waals surface area contributed by atoms with Crippen LogP contribution in [0.2, 0.25) is 0 Å². The minimum Gasteiger partial charge on any atom is -0.387 e. The number of nitrogens with one attached hydrogen (secondary N) is 1. The number of aliphatic hydroxyl groups excluding tert-OH is 2. The van der Waals surface area contributed by atoms with Gasteiger partial charge in [-0.2, -0.15) is 0 Å². The maximum absolute atomic E-state index is 12.4. The van der Waals surface area contributed by atoms with E-state index < -0.39 is 30.4 Å². The summed E-state index contributed by atoms with van der Waals surface area (Å²) in [6.07, 6.45) is -0.911. The van der Waals surface area contributed by atoms with E-state index >= 15 is 0 Å². The highest BCUT2D eigenvalue weighted by atomic mass is 16.6. The molecule has 1 aliphatic rings. The number of amides is 2. The highest BCUT2D eigenvalue weighted by Crippen LogP contribution is 2.32. The SMILES string of the molecule is CNC(=O)C1OC(n2cnc3c(N)nc(C#CCN(C)C(=O)c4cccnc4)nc32)[C@H](O)[C@@H]1O. The second-order valence-electron chi connectivity index (χ2n) is 7.50. The van der Waals surface area contributed by atoms with E-state index in [9.17, 15) is 19.8 Å². The van der Waals surface area contributed by atoms with Crippen LogP contribution in [0.15, 0.2) is 30.9 Å². The average molecular weight is 466 g/mol. The lowest BCUT2D eigenvalue weighted by atomic mass is 10.1. The number of nitrogens with two attached hydrogens (primary N) is 1. The van der Waals surface area contributed by atoms with Crippen molar-refractivity contribution in [3.8, 4) is 11.8 Å². The quantitative estimate of drug-likeness (QED) is 0.323. The number of carbonyl (C=O) groups excluding carboxylic acids is 2. The molecule has 0 spiro atoms. The van der Waals surface area contributed by atoms with E-state index in [4.69, 9.17) is 10.5 Å². The Morgan fingerprint density at radius 1 is 1.32 bits per heavy atom. The van der Waals surface area contributed by atoms with Crippen molar-refractivity contribution in [2.45, 2.75) is 24.5 Å². The molecule has 1 saturated heterocycles. The molecular formula is C21H22N8O5. The zero-order valence-electron chi connectivity index (χ0n) is 18.3. The number of rotatable bonds is 4. The number of ether oxygens (including phenoxy) is 1. The monoisotopic (exact) mass is 466 g/mol. The van der Waals surface area contributed by atoms with E-state index in [0.29, 0.717) is 5.56 Å². The summed E-state index contributed by atoms with van der Waals surface area (Å²) in [6, 6.07) is 3.33. The predicted octanol–water partition coefficient (Wildman–Crippen LogP) is -1.71. The number of nitrogens with zero attached hydrogens (tertiary/aromatic N) is 6. The first-order chi connectivity index (χ1) is 16.3. The van der Waals surface area contributed by atoms with Crippen LogP contribution in [-0.2, 0) is 9.53 Å². The molecule has 2 amide bonds. The van der Waals surface area contributed by atoms with Gasteiger partial charge >= 0.3 is 0 Å². The van der Waals surface area contributed by atoms with Crippen molar-refractivity contribution in [2.75, 3.05) is 26.4 Å². The molecule has 0 aliphatic carbocycles. The first-order valence-corrected chi connectivity index (χ1v) is 10.2. The molecule has 4 rings (SSSR count). The Kier molecular flexibility index (Phi) is 6.37. The summed E-state index contributed by atoms with van der Waals surface area (Å²) >= 11 is 0. The number of aromatic nitrogens is 5. The second-order valence-corrected chi connectivity index (χ2v) is 7.50. The molecule has 4 atom stereocenters. The van der Waals surface area contributed by atoms with Gasteiger partial charge in [0.2, 0.25) is 5.82 Å².